The van der Waals surface area contributed by atoms with E-state index in [1.807, 2.05) is 0 Å². The molecule has 1 aromatic carbocycles. The van der Waals surface area contributed by atoms with Gasteiger partial charge in [0.1, 0.15) is 11.6 Å². The van der Waals surface area contributed by atoms with Crippen LogP contribution in [-0.2, 0) is 0 Å². The molecule has 1 heterocycles. The summed E-state index contributed by atoms with van der Waals surface area (Å²) in [6, 6.07) is 7.37. The lowest BCUT2D eigenvalue weighted by Gasteiger charge is -2.09. The van der Waals surface area contributed by atoms with Gasteiger partial charge in [0, 0.05) is 24.0 Å². The van der Waals surface area contributed by atoms with E-state index in [1.165, 1.54) is 18.2 Å². The molecule has 0 fully saturated rings. The van der Waals surface area contributed by atoms with Crippen molar-refractivity contribution in [2.24, 2.45) is 5.92 Å². The Kier molecular flexibility index (Phi) is 6.55. The van der Waals surface area contributed by atoms with E-state index in [-0.39, 0.29) is 10.9 Å². The van der Waals surface area contributed by atoms with Gasteiger partial charge in [-0.1, -0.05) is 25.4 Å². The Morgan fingerprint density at radius 3 is 2.79 bits per heavy atom. The van der Waals surface area contributed by atoms with Crippen LogP contribution < -0.4 is 10.6 Å². The molecule has 0 atom stereocenters. The van der Waals surface area contributed by atoms with Gasteiger partial charge in [0.25, 0.3) is 5.91 Å². The molecule has 0 radical (unpaired) electrons. The van der Waals surface area contributed by atoms with Crippen molar-refractivity contribution in [3.05, 3.63) is 52.9 Å². The maximum absolute atomic E-state index is 13.1. The highest BCUT2D eigenvalue weighted by atomic mass is 35.5. The van der Waals surface area contributed by atoms with Gasteiger partial charge in [-0.15, -0.1) is 0 Å². The Balaban J connectivity index is 1.96. The standard InChI is InChI=1S/C18H21ClFN3O/c1-12(2)4-3-8-21-17-10-13(7-9-22-17)18(24)23-14-5-6-16(20)15(19)11-14/h5-7,9-12H,3-4,8H2,1-2H3,(H,21,22)(H,23,24). The number of carbonyl (C=O) groups excluding carboxylic acids is 1. The van der Waals surface area contributed by atoms with Crippen LogP contribution in [-0.4, -0.2) is 17.4 Å². The number of amides is 1. The van der Waals surface area contributed by atoms with Crippen molar-refractivity contribution in [2.75, 3.05) is 17.2 Å². The third-order valence-corrected chi connectivity index (χ3v) is 3.75. The van der Waals surface area contributed by atoms with Crippen LogP contribution in [0.25, 0.3) is 0 Å². The topological polar surface area (TPSA) is 54.0 Å². The number of rotatable bonds is 7. The van der Waals surface area contributed by atoms with Gasteiger partial charge in [-0.05, 0) is 49.1 Å². The lowest BCUT2D eigenvalue weighted by Crippen LogP contribution is -2.13. The summed E-state index contributed by atoms with van der Waals surface area (Å²) in [5.74, 6) is 0.500. The molecule has 0 unspecified atom stereocenters. The third kappa shape index (κ3) is 5.49. The largest absolute Gasteiger partial charge is 0.370 e. The summed E-state index contributed by atoms with van der Waals surface area (Å²) in [5, 5.41) is 5.87. The van der Waals surface area contributed by atoms with E-state index in [0.29, 0.717) is 23.0 Å². The van der Waals surface area contributed by atoms with Crippen LogP contribution >= 0.6 is 11.6 Å². The van der Waals surface area contributed by atoms with Gasteiger partial charge in [-0.25, -0.2) is 9.37 Å². The summed E-state index contributed by atoms with van der Waals surface area (Å²) in [6.45, 7) is 5.18. The molecule has 0 aliphatic heterocycles. The quantitative estimate of drug-likeness (QED) is 0.693. The highest BCUT2D eigenvalue weighted by Gasteiger charge is 2.09. The summed E-state index contributed by atoms with van der Waals surface area (Å²) in [5.41, 5.74) is 0.909. The number of benzene rings is 1. The molecular weight excluding hydrogens is 329 g/mol. The van der Waals surface area contributed by atoms with Gasteiger partial charge >= 0.3 is 0 Å². The van der Waals surface area contributed by atoms with Gasteiger partial charge < -0.3 is 10.6 Å². The van der Waals surface area contributed by atoms with E-state index in [9.17, 15) is 9.18 Å². The molecule has 0 aliphatic rings. The van der Waals surface area contributed by atoms with Gasteiger partial charge in [0.2, 0.25) is 0 Å². The van der Waals surface area contributed by atoms with E-state index in [4.69, 9.17) is 11.6 Å². The summed E-state index contributed by atoms with van der Waals surface area (Å²) in [7, 11) is 0. The van der Waals surface area contributed by atoms with Crippen LogP contribution in [0.1, 0.15) is 37.0 Å². The van der Waals surface area contributed by atoms with Crippen molar-refractivity contribution >= 4 is 29.0 Å². The third-order valence-electron chi connectivity index (χ3n) is 3.46. The molecule has 128 valence electrons. The number of nitrogens with zero attached hydrogens (tertiary/aromatic N) is 1. The van der Waals surface area contributed by atoms with Crippen LogP contribution in [0.5, 0.6) is 0 Å². The Labute approximate surface area is 146 Å². The van der Waals surface area contributed by atoms with Crippen molar-refractivity contribution in [3.63, 3.8) is 0 Å². The number of aromatic nitrogens is 1. The molecule has 2 aromatic rings. The predicted molar refractivity (Wildman–Crippen MR) is 96.2 cm³/mol. The van der Waals surface area contributed by atoms with E-state index >= 15 is 0 Å². The fraction of sp³-hybridized carbons (Fsp3) is 0.333. The second kappa shape index (κ2) is 8.64. The lowest BCUT2D eigenvalue weighted by atomic mass is 10.1. The maximum Gasteiger partial charge on any atom is 0.255 e. The number of hydrogen-bond acceptors (Lipinski definition) is 3. The number of halogens is 2. The molecule has 2 rings (SSSR count). The first-order chi connectivity index (χ1) is 11.5. The van der Waals surface area contributed by atoms with E-state index in [2.05, 4.69) is 29.5 Å². The average molecular weight is 350 g/mol. The van der Waals surface area contributed by atoms with Gasteiger partial charge in [0.05, 0.1) is 5.02 Å². The number of hydrogen-bond donors (Lipinski definition) is 2. The molecule has 0 aliphatic carbocycles. The van der Waals surface area contributed by atoms with Gasteiger partial charge in [-0.3, -0.25) is 4.79 Å². The number of carbonyl (C=O) groups is 1. The molecule has 6 heteroatoms. The first-order valence-electron chi connectivity index (χ1n) is 7.92. The van der Waals surface area contributed by atoms with E-state index in [1.54, 1.807) is 18.3 Å². The van der Waals surface area contributed by atoms with E-state index < -0.39 is 5.82 Å². The predicted octanol–water partition coefficient (Wildman–Crippen LogP) is 4.97. The molecule has 1 amide bonds. The molecular formula is C18H21ClFN3O. The molecule has 0 saturated heterocycles. The number of nitrogens with one attached hydrogen (secondary N) is 2. The number of pyridine rings is 1. The second-order valence-corrected chi connectivity index (χ2v) is 6.38. The fourth-order valence-electron chi connectivity index (χ4n) is 2.17. The highest BCUT2D eigenvalue weighted by molar-refractivity contribution is 6.31. The van der Waals surface area contributed by atoms with Crippen molar-refractivity contribution in [1.29, 1.82) is 0 Å². The van der Waals surface area contributed by atoms with Crippen LogP contribution in [0.3, 0.4) is 0 Å². The summed E-state index contributed by atoms with van der Waals surface area (Å²) in [4.78, 5) is 16.5. The van der Waals surface area contributed by atoms with Gasteiger partial charge in [-0.2, -0.15) is 0 Å². The van der Waals surface area contributed by atoms with Crippen molar-refractivity contribution < 1.29 is 9.18 Å². The highest BCUT2D eigenvalue weighted by Crippen LogP contribution is 2.20. The summed E-state index contributed by atoms with van der Waals surface area (Å²) >= 11 is 5.72. The zero-order valence-electron chi connectivity index (χ0n) is 13.8. The molecule has 2 N–H and O–H groups in total. The maximum atomic E-state index is 13.1. The molecule has 24 heavy (non-hydrogen) atoms. The SMILES string of the molecule is CC(C)CCCNc1cc(C(=O)Nc2ccc(F)c(Cl)c2)ccn1. The smallest absolute Gasteiger partial charge is 0.255 e. The van der Waals surface area contributed by atoms with Crippen molar-refractivity contribution in [1.82, 2.24) is 4.98 Å². The van der Waals surface area contributed by atoms with Crippen LogP contribution in [0.15, 0.2) is 36.5 Å². The molecule has 0 saturated carbocycles. The van der Waals surface area contributed by atoms with Crippen molar-refractivity contribution in [2.45, 2.75) is 26.7 Å². The Bertz CT molecular complexity index is 706. The van der Waals surface area contributed by atoms with Gasteiger partial charge in [0.15, 0.2) is 0 Å². The van der Waals surface area contributed by atoms with Crippen molar-refractivity contribution in [3.8, 4) is 0 Å². The molecule has 0 spiro atoms. The lowest BCUT2D eigenvalue weighted by molar-refractivity contribution is 0.102. The number of anilines is 2. The molecule has 4 nitrogen and oxygen atoms in total. The normalized spacial score (nSPS) is 10.7. The Morgan fingerprint density at radius 2 is 2.08 bits per heavy atom. The molecule has 0 bridgehead atoms. The first kappa shape index (κ1) is 18.2. The zero-order valence-corrected chi connectivity index (χ0v) is 14.5. The van der Waals surface area contributed by atoms with E-state index in [0.717, 1.165) is 19.4 Å². The van der Waals surface area contributed by atoms with Crippen LogP contribution in [0.2, 0.25) is 5.02 Å². The minimum Gasteiger partial charge on any atom is -0.370 e. The average Bonchev–Trinajstić information content (AvgIpc) is 2.55. The summed E-state index contributed by atoms with van der Waals surface area (Å²) < 4.78 is 13.1. The minimum atomic E-state index is -0.522. The Hall–Kier alpha value is -2.14. The summed E-state index contributed by atoms with van der Waals surface area (Å²) in [6.07, 6.45) is 3.76. The fourth-order valence-corrected chi connectivity index (χ4v) is 2.35. The minimum absolute atomic E-state index is 0.0324. The van der Waals surface area contributed by atoms with Crippen LogP contribution in [0.4, 0.5) is 15.9 Å². The first-order valence-corrected chi connectivity index (χ1v) is 8.30. The Morgan fingerprint density at radius 1 is 1.29 bits per heavy atom. The monoisotopic (exact) mass is 349 g/mol. The second-order valence-electron chi connectivity index (χ2n) is 5.98. The molecule has 1 aromatic heterocycles. The zero-order chi connectivity index (χ0) is 17.5. The van der Waals surface area contributed by atoms with Crippen LogP contribution in [0, 0.1) is 11.7 Å².